The molecule has 1 heterocycles. The molecule has 4 rings (SSSR count). The van der Waals surface area contributed by atoms with Gasteiger partial charge < -0.3 is 19.7 Å². The molecule has 34 heavy (non-hydrogen) atoms. The second-order valence-corrected chi connectivity index (χ2v) is 8.28. The summed E-state index contributed by atoms with van der Waals surface area (Å²) in [7, 11) is 3.16. The van der Waals surface area contributed by atoms with E-state index in [1.54, 1.807) is 50.3 Å². The van der Waals surface area contributed by atoms with E-state index in [0.717, 1.165) is 5.56 Å². The van der Waals surface area contributed by atoms with E-state index < -0.39 is 12.0 Å². The van der Waals surface area contributed by atoms with E-state index in [1.807, 2.05) is 36.4 Å². The molecule has 0 aliphatic carbocycles. The number of anilines is 2. The zero-order valence-electron chi connectivity index (χ0n) is 19.4. The first-order valence-corrected chi connectivity index (χ1v) is 11.1. The Bertz CT molecular complexity index is 1180. The average molecular weight is 463 g/mol. The van der Waals surface area contributed by atoms with Gasteiger partial charge in [-0.1, -0.05) is 18.2 Å². The molecule has 0 saturated carbocycles. The van der Waals surface area contributed by atoms with Crippen molar-refractivity contribution >= 4 is 23.2 Å². The zero-order valence-corrected chi connectivity index (χ0v) is 19.4. The number of halogens is 1. The number of benzene rings is 3. The Morgan fingerprint density at radius 3 is 2.18 bits per heavy atom. The van der Waals surface area contributed by atoms with Gasteiger partial charge in [-0.3, -0.25) is 9.59 Å². The lowest BCUT2D eigenvalue weighted by Gasteiger charge is -2.41. The van der Waals surface area contributed by atoms with Crippen LogP contribution in [0, 0.1) is 18.7 Å². The Labute approximate surface area is 198 Å². The van der Waals surface area contributed by atoms with Gasteiger partial charge in [0.05, 0.1) is 26.2 Å². The monoisotopic (exact) mass is 462 g/mol. The molecule has 6 nitrogen and oxygen atoms in total. The topological polar surface area (TPSA) is 67.9 Å². The molecule has 1 N–H and O–H groups in total. The van der Waals surface area contributed by atoms with Crippen LogP contribution in [-0.2, 0) is 9.59 Å². The van der Waals surface area contributed by atoms with Gasteiger partial charge in [0.15, 0.2) is 0 Å². The third kappa shape index (κ3) is 4.73. The fourth-order valence-corrected chi connectivity index (χ4v) is 4.30. The summed E-state index contributed by atoms with van der Waals surface area (Å²) in [6.45, 7) is 1.67. The van der Waals surface area contributed by atoms with Crippen molar-refractivity contribution in [1.29, 1.82) is 0 Å². The van der Waals surface area contributed by atoms with Crippen LogP contribution in [0.2, 0.25) is 0 Å². The summed E-state index contributed by atoms with van der Waals surface area (Å²) >= 11 is 0. The second-order valence-electron chi connectivity index (χ2n) is 8.28. The van der Waals surface area contributed by atoms with Crippen LogP contribution >= 0.6 is 0 Å². The minimum absolute atomic E-state index is 0.0728. The molecular weight excluding hydrogens is 435 g/mol. The lowest BCUT2D eigenvalue weighted by molar-refractivity contribution is -0.125. The number of carbonyl (C=O) groups is 2. The third-order valence-electron chi connectivity index (χ3n) is 6.18. The standard InChI is InChI=1S/C27H27FN2O4/c1-17-4-7-19(16-24(17)28)29-27(32)23-14-15-25(31)30(20-8-12-22(34-3)13-9-20)26(23)18-5-10-21(33-2)11-6-18/h4-13,16,23,26H,14-15H2,1-3H3,(H,29,32)/t23-,26+/m1/s1. The molecule has 0 unspecified atom stereocenters. The van der Waals surface area contributed by atoms with E-state index in [2.05, 4.69) is 5.32 Å². The Morgan fingerprint density at radius 1 is 0.971 bits per heavy atom. The first-order chi connectivity index (χ1) is 16.4. The highest BCUT2D eigenvalue weighted by Gasteiger charge is 2.41. The van der Waals surface area contributed by atoms with E-state index in [1.165, 1.54) is 6.07 Å². The van der Waals surface area contributed by atoms with E-state index in [-0.39, 0.29) is 24.1 Å². The van der Waals surface area contributed by atoms with Crippen molar-refractivity contribution < 1.29 is 23.5 Å². The van der Waals surface area contributed by atoms with Gasteiger partial charge in [-0.15, -0.1) is 0 Å². The van der Waals surface area contributed by atoms with Crippen LogP contribution in [0.4, 0.5) is 15.8 Å². The van der Waals surface area contributed by atoms with Crippen LogP contribution in [0.25, 0.3) is 0 Å². The van der Waals surface area contributed by atoms with Gasteiger partial charge in [-0.05, 0) is 73.0 Å². The fraction of sp³-hybridized carbons (Fsp3) is 0.259. The van der Waals surface area contributed by atoms with E-state index in [9.17, 15) is 14.0 Å². The molecule has 0 spiro atoms. The van der Waals surface area contributed by atoms with Crippen molar-refractivity contribution in [2.75, 3.05) is 24.4 Å². The maximum absolute atomic E-state index is 14.1. The number of carbonyl (C=O) groups excluding carboxylic acids is 2. The molecule has 7 heteroatoms. The van der Waals surface area contributed by atoms with Crippen molar-refractivity contribution in [3.05, 3.63) is 83.7 Å². The SMILES string of the molecule is COc1ccc([C@H]2[C@H](C(=O)Nc3ccc(C)c(F)c3)CCC(=O)N2c2ccc(OC)cc2)cc1. The largest absolute Gasteiger partial charge is 0.497 e. The van der Waals surface area contributed by atoms with E-state index in [4.69, 9.17) is 9.47 Å². The number of amides is 2. The van der Waals surface area contributed by atoms with Crippen molar-refractivity contribution in [3.8, 4) is 11.5 Å². The number of nitrogens with zero attached hydrogens (tertiary/aromatic N) is 1. The molecule has 1 saturated heterocycles. The molecule has 3 aromatic rings. The Balaban J connectivity index is 1.72. The Kier molecular flexibility index (Phi) is 6.82. The number of aryl methyl sites for hydroxylation is 1. The summed E-state index contributed by atoms with van der Waals surface area (Å²) in [6, 6.07) is 18.6. The molecule has 1 fully saturated rings. The van der Waals surface area contributed by atoms with Crippen molar-refractivity contribution in [2.45, 2.75) is 25.8 Å². The number of ether oxygens (including phenoxy) is 2. The molecule has 2 amide bonds. The highest BCUT2D eigenvalue weighted by molar-refractivity contribution is 6.00. The van der Waals surface area contributed by atoms with Gasteiger partial charge in [0, 0.05) is 17.8 Å². The minimum atomic E-state index is -0.546. The lowest BCUT2D eigenvalue weighted by Crippen LogP contribution is -2.47. The number of nitrogens with one attached hydrogen (secondary N) is 1. The van der Waals surface area contributed by atoms with Crippen molar-refractivity contribution in [2.24, 2.45) is 5.92 Å². The van der Waals surface area contributed by atoms with Gasteiger partial charge >= 0.3 is 0 Å². The lowest BCUT2D eigenvalue weighted by atomic mass is 9.83. The number of piperidine rings is 1. The Hall–Kier alpha value is -3.87. The van der Waals surface area contributed by atoms with Crippen molar-refractivity contribution in [3.63, 3.8) is 0 Å². The molecule has 1 aliphatic heterocycles. The molecule has 0 bridgehead atoms. The van der Waals surface area contributed by atoms with Gasteiger partial charge in [0.1, 0.15) is 17.3 Å². The summed E-state index contributed by atoms with van der Waals surface area (Å²) in [5, 5.41) is 2.85. The second kappa shape index (κ2) is 9.95. The maximum atomic E-state index is 14.1. The molecule has 0 radical (unpaired) electrons. The first-order valence-electron chi connectivity index (χ1n) is 11.1. The molecule has 3 aromatic carbocycles. The number of hydrogen-bond donors (Lipinski definition) is 1. The number of rotatable bonds is 6. The fourth-order valence-electron chi connectivity index (χ4n) is 4.30. The predicted molar refractivity (Wildman–Crippen MR) is 129 cm³/mol. The van der Waals surface area contributed by atoms with Crippen LogP contribution in [0.5, 0.6) is 11.5 Å². The highest BCUT2D eigenvalue weighted by Crippen LogP contribution is 2.41. The summed E-state index contributed by atoms with van der Waals surface area (Å²) in [5.74, 6) is 0.0788. The zero-order chi connectivity index (χ0) is 24.2. The van der Waals surface area contributed by atoms with Crippen LogP contribution < -0.4 is 19.7 Å². The van der Waals surface area contributed by atoms with Gasteiger partial charge in [0.25, 0.3) is 0 Å². The van der Waals surface area contributed by atoms with E-state index in [0.29, 0.717) is 34.9 Å². The maximum Gasteiger partial charge on any atom is 0.229 e. The summed E-state index contributed by atoms with van der Waals surface area (Å²) in [6.07, 6.45) is 0.599. The summed E-state index contributed by atoms with van der Waals surface area (Å²) < 4.78 is 24.6. The molecule has 176 valence electrons. The first kappa shape index (κ1) is 23.3. The van der Waals surface area contributed by atoms with E-state index >= 15 is 0 Å². The van der Waals surface area contributed by atoms with Crippen LogP contribution in [0.3, 0.4) is 0 Å². The molecular formula is C27H27FN2O4. The highest BCUT2D eigenvalue weighted by atomic mass is 19.1. The molecule has 1 aliphatic rings. The van der Waals surface area contributed by atoms with Crippen LogP contribution in [0.1, 0.15) is 30.0 Å². The van der Waals surface area contributed by atoms with Crippen LogP contribution in [-0.4, -0.2) is 26.0 Å². The normalized spacial score (nSPS) is 17.9. The third-order valence-corrected chi connectivity index (χ3v) is 6.18. The number of hydrogen-bond acceptors (Lipinski definition) is 4. The summed E-state index contributed by atoms with van der Waals surface area (Å²) in [4.78, 5) is 28.3. The minimum Gasteiger partial charge on any atom is -0.497 e. The molecule has 0 aromatic heterocycles. The quantitative estimate of drug-likeness (QED) is 0.542. The predicted octanol–water partition coefficient (Wildman–Crippen LogP) is 5.27. The molecule has 2 atom stereocenters. The number of methoxy groups -OCH3 is 2. The van der Waals surface area contributed by atoms with Gasteiger partial charge in [-0.25, -0.2) is 4.39 Å². The van der Waals surface area contributed by atoms with Crippen molar-refractivity contribution in [1.82, 2.24) is 0 Å². The smallest absolute Gasteiger partial charge is 0.229 e. The van der Waals surface area contributed by atoms with Gasteiger partial charge in [0.2, 0.25) is 11.8 Å². The summed E-state index contributed by atoms with van der Waals surface area (Å²) in [5.41, 5.74) is 2.36. The Morgan fingerprint density at radius 2 is 1.59 bits per heavy atom. The average Bonchev–Trinajstić information content (AvgIpc) is 2.86. The van der Waals surface area contributed by atoms with Gasteiger partial charge in [-0.2, -0.15) is 0 Å². The van der Waals surface area contributed by atoms with Crippen LogP contribution in [0.15, 0.2) is 66.7 Å².